The van der Waals surface area contributed by atoms with Gasteiger partial charge in [0.05, 0.1) is 6.54 Å². The molecule has 0 aliphatic rings. The van der Waals surface area contributed by atoms with E-state index in [-0.39, 0.29) is 0 Å². The Hall–Kier alpha value is -2.34. The highest BCUT2D eigenvalue weighted by atomic mass is 16.5. The van der Waals surface area contributed by atoms with Crippen LogP contribution in [-0.4, -0.2) is 43.0 Å². The molecule has 0 saturated heterocycles. The van der Waals surface area contributed by atoms with Crippen LogP contribution in [-0.2, 0) is 17.8 Å². The Morgan fingerprint density at radius 2 is 2.13 bits per heavy atom. The van der Waals surface area contributed by atoms with Crippen LogP contribution in [0, 0.1) is 0 Å². The summed E-state index contributed by atoms with van der Waals surface area (Å²) in [5, 5.41) is 10.8. The monoisotopic (exact) mass is 315 g/mol. The molecule has 0 aliphatic heterocycles. The average molecular weight is 315 g/mol. The van der Waals surface area contributed by atoms with Crippen LogP contribution in [0.1, 0.15) is 17.5 Å². The van der Waals surface area contributed by atoms with Gasteiger partial charge in [0.1, 0.15) is 0 Å². The smallest absolute Gasteiger partial charge is 0.191 e. The number of aromatic nitrogens is 2. The number of guanidine groups is 1. The quantitative estimate of drug-likeness (QED) is 0.441. The minimum Gasteiger partial charge on any atom is -0.385 e. The number of hydrogen-bond donors (Lipinski definition) is 2. The van der Waals surface area contributed by atoms with Crippen LogP contribution in [0.15, 0.2) is 47.7 Å². The molecule has 0 spiro atoms. The first kappa shape index (κ1) is 17.0. The Balaban J connectivity index is 1.82. The Morgan fingerprint density at radius 1 is 1.26 bits per heavy atom. The molecule has 0 aliphatic carbocycles. The van der Waals surface area contributed by atoms with Crippen LogP contribution in [0.4, 0.5) is 0 Å². The SMILES string of the molecule is CN=C(NCCCOC)NCc1cccc(Cn2cccn2)c1. The molecule has 6 nitrogen and oxygen atoms in total. The number of methoxy groups -OCH3 is 1. The molecular weight excluding hydrogens is 290 g/mol. The van der Waals surface area contributed by atoms with Crippen molar-refractivity contribution in [3.05, 3.63) is 53.9 Å². The van der Waals surface area contributed by atoms with Gasteiger partial charge in [-0.1, -0.05) is 24.3 Å². The minimum absolute atomic E-state index is 0.733. The number of nitrogens with one attached hydrogen (secondary N) is 2. The highest BCUT2D eigenvalue weighted by Gasteiger charge is 2.00. The molecule has 0 unspecified atom stereocenters. The van der Waals surface area contributed by atoms with Gasteiger partial charge in [0.15, 0.2) is 5.96 Å². The number of hydrogen-bond acceptors (Lipinski definition) is 3. The van der Waals surface area contributed by atoms with Crippen LogP contribution in [0.5, 0.6) is 0 Å². The van der Waals surface area contributed by atoms with Gasteiger partial charge in [0.25, 0.3) is 0 Å². The zero-order chi connectivity index (χ0) is 16.3. The predicted octanol–water partition coefficient (Wildman–Crippen LogP) is 1.63. The second-order valence-corrected chi connectivity index (χ2v) is 5.22. The molecule has 1 aromatic heterocycles. The maximum atomic E-state index is 5.04. The lowest BCUT2D eigenvalue weighted by molar-refractivity contribution is 0.195. The topological polar surface area (TPSA) is 63.5 Å². The third kappa shape index (κ3) is 6.12. The molecule has 0 radical (unpaired) electrons. The van der Waals surface area contributed by atoms with Gasteiger partial charge >= 0.3 is 0 Å². The summed E-state index contributed by atoms with van der Waals surface area (Å²) in [6.07, 6.45) is 4.72. The third-order valence-electron chi connectivity index (χ3n) is 3.40. The van der Waals surface area contributed by atoms with Crippen molar-refractivity contribution in [1.82, 2.24) is 20.4 Å². The van der Waals surface area contributed by atoms with Crippen molar-refractivity contribution in [2.75, 3.05) is 27.3 Å². The van der Waals surface area contributed by atoms with Crippen molar-refractivity contribution >= 4 is 5.96 Å². The molecule has 2 rings (SSSR count). The molecular formula is C17H25N5O. The summed E-state index contributed by atoms with van der Waals surface area (Å²) >= 11 is 0. The van der Waals surface area contributed by atoms with Gasteiger partial charge in [0.2, 0.25) is 0 Å². The average Bonchev–Trinajstić information content (AvgIpc) is 3.07. The molecule has 1 heterocycles. The van der Waals surface area contributed by atoms with E-state index in [1.54, 1.807) is 20.4 Å². The van der Waals surface area contributed by atoms with E-state index in [0.29, 0.717) is 0 Å². The Labute approximate surface area is 137 Å². The molecule has 2 aromatic rings. The second-order valence-electron chi connectivity index (χ2n) is 5.22. The number of nitrogens with zero attached hydrogens (tertiary/aromatic N) is 3. The van der Waals surface area contributed by atoms with Crippen LogP contribution >= 0.6 is 0 Å². The van der Waals surface area contributed by atoms with Crippen molar-refractivity contribution in [2.24, 2.45) is 4.99 Å². The first-order chi connectivity index (χ1) is 11.3. The fourth-order valence-corrected chi connectivity index (χ4v) is 2.25. The normalized spacial score (nSPS) is 11.5. The Morgan fingerprint density at radius 3 is 2.87 bits per heavy atom. The number of rotatable bonds is 8. The predicted molar refractivity (Wildman–Crippen MR) is 92.5 cm³/mol. The summed E-state index contributed by atoms with van der Waals surface area (Å²) in [4.78, 5) is 4.22. The largest absolute Gasteiger partial charge is 0.385 e. The molecule has 0 amide bonds. The molecule has 0 bridgehead atoms. The second kappa shape index (κ2) is 9.63. The van der Waals surface area contributed by atoms with Gasteiger partial charge in [-0.3, -0.25) is 9.67 Å². The standard InChI is InChI=1S/C17H25N5O/c1-18-17(19-8-5-11-23-2)20-13-15-6-3-7-16(12-15)14-22-10-4-9-21-22/h3-4,6-7,9-10,12H,5,8,11,13-14H2,1-2H3,(H2,18,19,20). The fraction of sp³-hybridized carbons (Fsp3) is 0.412. The first-order valence-electron chi connectivity index (χ1n) is 7.80. The maximum Gasteiger partial charge on any atom is 0.191 e. The van der Waals surface area contributed by atoms with Gasteiger partial charge in [-0.15, -0.1) is 0 Å². The summed E-state index contributed by atoms with van der Waals surface area (Å²) < 4.78 is 6.95. The highest BCUT2D eigenvalue weighted by molar-refractivity contribution is 5.79. The van der Waals surface area contributed by atoms with E-state index in [1.807, 2.05) is 16.9 Å². The number of aliphatic imine (C=N–C) groups is 1. The summed E-state index contributed by atoms with van der Waals surface area (Å²) in [6.45, 7) is 3.11. The molecule has 0 saturated carbocycles. The van der Waals surface area contributed by atoms with Crippen molar-refractivity contribution in [2.45, 2.75) is 19.5 Å². The Kier molecular flexibility index (Phi) is 7.13. The van der Waals surface area contributed by atoms with E-state index in [4.69, 9.17) is 4.74 Å². The van der Waals surface area contributed by atoms with E-state index in [1.165, 1.54) is 11.1 Å². The zero-order valence-corrected chi connectivity index (χ0v) is 13.8. The first-order valence-corrected chi connectivity index (χ1v) is 7.80. The van der Waals surface area contributed by atoms with E-state index in [9.17, 15) is 0 Å². The van der Waals surface area contributed by atoms with Crippen molar-refractivity contribution in [3.63, 3.8) is 0 Å². The minimum atomic E-state index is 0.733. The van der Waals surface area contributed by atoms with Crippen LogP contribution in [0.2, 0.25) is 0 Å². The van der Waals surface area contributed by atoms with Gasteiger partial charge in [-0.25, -0.2) is 0 Å². The number of benzene rings is 1. The third-order valence-corrected chi connectivity index (χ3v) is 3.40. The van der Waals surface area contributed by atoms with Crippen LogP contribution < -0.4 is 10.6 Å². The highest BCUT2D eigenvalue weighted by Crippen LogP contribution is 2.06. The molecule has 0 fully saturated rings. The molecule has 124 valence electrons. The van der Waals surface area contributed by atoms with E-state index < -0.39 is 0 Å². The fourth-order valence-electron chi connectivity index (χ4n) is 2.25. The molecule has 23 heavy (non-hydrogen) atoms. The van der Waals surface area contributed by atoms with E-state index in [0.717, 1.165) is 38.6 Å². The molecule has 0 atom stereocenters. The van der Waals surface area contributed by atoms with Gasteiger partial charge in [0, 0.05) is 46.2 Å². The van der Waals surface area contributed by atoms with Gasteiger partial charge in [-0.2, -0.15) is 5.10 Å². The van der Waals surface area contributed by atoms with Gasteiger partial charge in [-0.05, 0) is 23.6 Å². The summed E-state index contributed by atoms with van der Waals surface area (Å²) in [5.74, 6) is 0.804. The van der Waals surface area contributed by atoms with E-state index in [2.05, 4.69) is 45.0 Å². The molecule has 1 aromatic carbocycles. The van der Waals surface area contributed by atoms with Crippen molar-refractivity contribution in [1.29, 1.82) is 0 Å². The van der Waals surface area contributed by atoms with Crippen LogP contribution in [0.25, 0.3) is 0 Å². The maximum absolute atomic E-state index is 5.04. The van der Waals surface area contributed by atoms with Crippen molar-refractivity contribution in [3.8, 4) is 0 Å². The lowest BCUT2D eigenvalue weighted by atomic mass is 10.1. The number of ether oxygens (including phenoxy) is 1. The lowest BCUT2D eigenvalue weighted by Crippen LogP contribution is -2.37. The Bertz CT molecular complexity index is 595. The zero-order valence-electron chi connectivity index (χ0n) is 13.8. The summed E-state index contributed by atoms with van der Waals surface area (Å²) in [7, 11) is 3.49. The van der Waals surface area contributed by atoms with Gasteiger partial charge < -0.3 is 15.4 Å². The van der Waals surface area contributed by atoms with E-state index >= 15 is 0 Å². The lowest BCUT2D eigenvalue weighted by Gasteiger charge is -2.12. The van der Waals surface area contributed by atoms with Crippen LogP contribution in [0.3, 0.4) is 0 Å². The molecule has 6 heteroatoms. The molecule has 2 N–H and O–H groups in total. The summed E-state index contributed by atoms with van der Waals surface area (Å²) in [6, 6.07) is 10.4. The van der Waals surface area contributed by atoms with Crippen molar-refractivity contribution < 1.29 is 4.74 Å². The summed E-state index contributed by atoms with van der Waals surface area (Å²) in [5.41, 5.74) is 2.45.